The molecule has 2 fully saturated rings. The van der Waals surface area contributed by atoms with E-state index in [1.807, 2.05) is 0 Å². The molecule has 2 rings (SSSR count). The van der Waals surface area contributed by atoms with Gasteiger partial charge in [-0.25, -0.2) is 0 Å². The number of amides is 1. The molecule has 13 heavy (non-hydrogen) atoms. The molecule has 2 aliphatic rings. The average molecular weight is 182 g/mol. The maximum absolute atomic E-state index is 10.9. The lowest BCUT2D eigenvalue weighted by Crippen LogP contribution is -2.54. The Morgan fingerprint density at radius 1 is 1.54 bits per heavy atom. The number of carbonyl (C=O) groups excluding carboxylic acids is 1. The second-order valence-electron chi connectivity index (χ2n) is 4.50. The first-order valence-electron chi connectivity index (χ1n) is 5.17. The Labute approximate surface area is 79.3 Å². The van der Waals surface area contributed by atoms with Gasteiger partial charge in [0.1, 0.15) is 0 Å². The number of fused-ring (bicyclic) bond motifs is 2. The summed E-state index contributed by atoms with van der Waals surface area (Å²) in [5.74, 6) is 0.0824. The summed E-state index contributed by atoms with van der Waals surface area (Å²) in [5.41, 5.74) is 0.219. The topological polar surface area (TPSA) is 41.1 Å². The van der Waals surface area contributed by atoms with Gasteiger partial charge in [0.05, 0.1) is 0 Å². The molecule has 0 aliphatic carbocycles. The molecule has 0 saturated carbocycles. The molecular formula is C10H18N2O. The largest absolute Gasteiger partial charge is 0.352 e. The summed E-state index contributed by atoms with van der Waals surface area (Å²) in [4.78, 5) is 10.9. The van der Waals surface area contributed by atoms with E-state index in [9.17, 15) is 4.79 Å². The summed E-state index contributed by atoms with van der Waals surface area (Å²) in [6, 6.07) is 0.994. The van der Waals surface area contributed by atoms with Crippen molar-refractivity contribution in [1.29, 1.82) is 0 Å². The van der Waals surface area contributed by atoms with Crippen molar-refractivity contribution < 1.29 is 4.79 Å². The van der Waals surface area contributed by atoms with Crippen molar-refractivity contribution in [1.82, 2.24) is 10.6 Å². The Hall–Kier alpha value is -0.570. The summed E-state index contributed by atoms with van der Waals surface area (Å²) in [7, 11) is 0. The van der Waals surface area contributed by atoms with E-state index >= 15 is 0 Å². The van der Waals surface area contributed by atoms with Gasteiger partial charge in [-0.3, -0.25) is 4.79 Å². The summed E-state index contributed by atoms with van der Waals surface area (Å²) in [6.45, 7) is 3.70. The maximum Gasteiger partial charge on any atom is 0.217 e. The van der Waals surface area contributed by atoms with Crippen LogP contribution in [0.2, 0.25) is 0 Å². The third-order valence-electron chi connectivity index (χ3n) is 3.62. The first kappa shape index (κ1) is 9.00. The Morgan fingerprint density at radius 2 is 2.15 bits per heavy atom. The summed E-state index contributed by atoms with van der Waals surface area (Å²) in [6.07, 6.45) is 5.01. The molecule has 0 aromatic rings. The second-order valence-corrected chi connectivity index (χ2v) is 4.50. The molecular weight excluding hydrogens is 164 g/mol. The van der Waals surface area contributed by atoms with Crippen LogP contribution in [0.25, 0.3) is 0 Å². The minimum Gasteiger partial charge on any atom is -0.352 e. The predicted octanol–water partition coefficient (Wildman–Crippen LogP) is 0.796. The van der Waals surface area contributed by atoms with Gasteiger partial charge in [0, 0.05) is 24.5 Å². The van der Waals surface area contributed by atoms with Crippen LogP contribution in [0.5, 0.6) is 0 Å². The highest BCUT2D eigenvalue weighted by Gasteiger charge is 2.47. The zero-order valence-corrected chi connectivity index (χ0v) is 8.39. The van der Waals surface area contributed by atoms with E-state index in [-0.39, 0.29) is 17.5 Å². The van der Waals surface area contributed by atoms with Gasteiger partial charge in [-0.15, -0.1) is 0 Å². The summed E-state index contributed by atoms with van der Waals surface area (Å²) in [5, 5.41) is 6.63. The monoisotopic (exact) mass is 182 g/mol. The molecule has 2 bridgehead atoms. The third kappa shape index (κ3) is 1.46. The molecule has 0 radical (unpaired) electrons. The fraction of sp³-hybridized carbons (Fsp3) is 0.900. The molecule has 2 aliphatic heterocycles. The van der Waals surface area contributed by atoms with Crippen molar-refractivity contribution in [3.05, 3.63) is 0 Å². The standard InChI is InChI=1S/C10H18N2O/c1-7(11-8(2)13)10-5-3-9(12-10)4-6-10/h7,9,12H,3-6H2,1-2H3,(H,11,13)/t7-,9?,10?/m1/s1. The number of rotatable bonds is 2. The van der Waals surface area contributed by atoms with Crippen molar-refractivity contribution in [2.75, 3.05) is 0 Å². The highest BCUT2D eigenvalue weighted by Crippen LogP contribution is 2.39. The molecule has 3 heteroatoms. The minimum absolute atomic E-state index is 0.0824. The fourth-order valence-electron chi connectivity index (χ4n) is 2.83. The third-order valence-corrected chi connectivity index (χ3v) is 3.62. The Balaban J connectivity index is 2.02. The van der Waals surface area contributed by atoms with Crippen molar-refractivity contribution in [3.63, 3.8) is 0 Å². The molecule has 0 spiro atoms. The summed E-state index contributed by atoms with van der Waals surface area (Å²) >= 11 is 0. The number of hydrogen-bond donors (Lipinski definition) is 2. The fourth-order valence-corrected chi connectivity index (χ4v) is 2.83. The minimum atomic E-state index is 0.0824. The Kier molecular flexibility index (Phi) is 2.06. The van der Waals surface area contributed by atoms with Gasteiger partial charge in [0.25, 0.3) is 0 Å². The molecule has 0 aromatic carbocycles. The van der Waals surface area contributed by atoms with Gasteiger partial charge in [-0.1, -0.05) is 0 Å². The highest BCUT2D eigenvalue weighted by atomic mass is 16.1. The van der Waals surface area contributed by atoms with E-state index in [1.54, 1.807) is 6.92 Å². The molecule has 3 nitrogen and oxygen atoms in total. The average Bonchev–Trinajstić information content (AvgIpc) is 2.62. The smallest absolute Gasteiger partial charge is 0.217 e. The van der Waals surface area contributed by atoms with Gasteiger partial charge < -0.3 is 10.6 Å². The van der Waals surface area contributed by atoms with E-state index in [0.29, 0.717) is 0 Å². The molecule has 2 saturated heterocycles. The maximum atomic E-state index is 10.9. The zero-order valence-electron chi connectivity index (χ0n) is 8.39. The van der Waals surface area contributed by atoms with Gasteiger partial charge in [0.15, 0.2) is 0 Å². The van der Waals surface area contributed by atoms with Crippen molar-refractivity contribution in [2.24, 2.45) is 0 Å². The molecule has 2 heterocycles. The van der Waals surface area contributed by atoms with Crippen LogP contribution in [0, 0.1) is 0 Å². The quantitative estimate of drug-likeness (QED) is 0.663. The summed E-state index contributed by atoms with van der Waals surface area (Å²) < 4.78 is 0. The lowest BCUT2D eigenvalue weighted by molar-refractivity contribution is -0.120. The van der Waals surface area contributed by atoms with Gasteiger partial charge in [-0.05, 0) is 32.6 Å². The number of carbonyl (C=O) groups is 1. The lowest BCUT2D eigenvalue weighted by atomic mass is 9.82. The zero-order chi connectivity index (χ0) is 9.47. The molecule has 0 aromatic heterocycles. The van der Waals surface area contributed by atoms with E-state index < -0.39 is 0 Å². The highest BCUT2D eigenvalue weighted by molar-refractivity contribution is 5.73. The van der Waals surface area contributed by atoms with Gasteiger partial charge in [0.2, 0.25) is 5.91 Å². The number of hydrogen-bond acceptors (Lipinski definition) is 2. The molecule has 1 amide bonds. The molecule has 2 N–H and O–H groups in total. The van der Waals surface area contributed by atoms with E-state index in [2.05, 4.69) is 17.6 Å². The van der Waals surface area contributed by atoms with Crippen LogP contribution < -0.4 is 10.6 Å². The Morgan fingerprint density at radius 3 is 2.54 bits per heavy atom. The SMILES string of the molecule is CC(=O)N[C@H](C)C12CCC(CC1)N2. The van der Waals surface area contributed by atoms with Crippen molar-refractivity contribution >= 4 is 5.91 Å². The van der Waals surface area contributed by atoms with Crippen LogP contribution in [0.1, 0.15) is 39.5 Å². The van der Waals surface area contributed by atoms with Crippen LogP contribution in [0.15, 0.2) is 0 Å². The lowest BCUT2D eigenvalue weighted by Gasteiger charge is -2.33. The van der Waals surface area contributed by atoms with E-state index in [4.69, 9.17) is 0 Å². The first-order valence-corrected chi connectivity index (χ1v) is 5.17. The van der Waals surface area contributed by atoms with Crippen LogP contribution in [-0.2, 0) is 4.79 Å². The normalized spacial score (nSPS) is 39.1. The van der Waals surface area contributed by atoms with Crippen LogP contribution in [0.3, 0.4) is 0 Å². The van der Waals surface area contributed by atoms with E-state index in [0.717, 1.165) is 6.04 Å². The van der Waals surface area contributed by atoms with Crippen LogP contribution in [0.4, 0.5) is 0 Å². The molecule has 74 valence electrons. The Bertz CT molecular complexity index is 219. The first-order chi connectivity index (χ1) is 6.12. The van der Waals surface area contributed by atoms with Crippen molar-refractivity contribution in [3.8, 4) is 0 Å². The second kappa shape index (κ2) is 2.98. The van der Waals surface area contributed by atoms with Crippen molar-refractivity contribution in [2.45, 2.75) is 57.2 Å². The predicted molar refractivity (Wildman–Crippen MR) is 51.4 cm³/mol. The van der Waals surface area contributed by atoms with Gasteiger partial charge >= 0.3 is 0 Å². The van der Waals surface area contributed by atoms with Gasteiger partial charge in [-0.2, -0.15) is 0 Å². The van der Waals surface area contributed by atoms with E-state index in [1.165, 1.54) is 25.7 Å². The number of nitrogens with one attached hydrogen (secondary N) is 2. The molecule has 0 unspecified atom stereocenters. The molecule has 1 atom stereocenters. The van der Waals surface area contributed by atoms with Crippen LogP contribution in [-0.4, -0.2) is 23.5 Å². The van der Waals surface area contributed by atoms with Crippen LogP contribution >= 0.6 is 0 Å².